The molecule has 2 N–H and O–H groups in total. The second kappa shape index (κ2) is 9.85. The molecule has 1 aliphatic carbocycles. The highest BCUT2D eigenvalue weighted by atomic mass is 16.5. The van der Waals surface area contributed by atoms with Crippen LogP contribution in [0.1, 0.15) is 30.9 Å². The number of nitrogens with one attached hydrogen (secondary N) is 1. The van der Waals surface area contributed by atoms with E-state index in [0.717, 1.165) is 22.3 Å². The fourth-order valence-electron chi connectivity index (χ4n) is 4.91. The fourth-order valence-corrected chi connectivity index (χ4v) is 4.91. The van der Waals surface area contributed by atoms with Crippen LogP contribution in [-0.2, 0) is 19.1 Å². The highest BCUT2D eigenvalue weighted by Gasteiger charge is 2.42. The Morgan fingerprint density at radius 1 is 1.03 bits per heavy atom. The van der Waals surface area contributed by atoms with Gasteiger partial charge in [-0.3, -0.25) is 9.59 Å². The fraction of sp³-hybridized carbons (Fsp3) is 0.423. The lowest BCUT2D eigenvalue weighted by molar-refractivity contribution is -0.144. The third kappa shape index (κ3) is 4.50. The summed E-state index contributed by atoms with van der Waals surface area (Å²) in [4.78, 5) is 38.8. The summed E-state index contributed by atoms with van der Waals surface area (Å²) in [6, 6.07) is 15.3. The van der Waals surface area contributed by atoms with Gasteiger partial charge in [-0.25, -0.2) is 4.79 Å². The van der Waals surface area contributed by atoms with Crippen LogP contribution in [0.4, 0.5) is 4.79 Å². The monoisotopic (exact) mass is 466 g/mol. The maximum Gasteiger partial charge on any atom is 0.407 e. The number of benzene rings is 2. The Balaban J connectivity index is 1.42. The minimum Gasteiger partial charge on any atom is -0.481 e. The number of rotatable bonds is 7. The van der Waals surface area contributed by atoms with E-state index in [1.54, 1.807) is 0 Å². The van der Waals surface area contributed by atoms with Gasteiger partial charge in [0.25, 0.3) is 0 Å². The van der Waals surface area contributed by atoms with Crippen LogP contribution < -0.4 is 5.32 Å². The number of likely N-dealkylation sites (tertiary alicyclic amines) is 1. The molecule has 1 heterocycles. The Labute approximate surface area is 198 Å². The predicted octanol–water partition coefficient (Wildman–Crippen LogP) is 3.11. The number of carbonyl (C=O) groups excluding carboxylic acids is 2. The van der Waals surface area contributed by atoms with E-state index in [2.05, 4.69) is 17.4 Å². The number of carboxylic acids is 1. The molecule has 3 atom stereocenters. The standard InChI is InChI=1S/C26H30N2O6/c1-15(2)23(24(29)28-12-20(25(30)31)22(13-28)33-3)27-26(32)34-14-21-18-10-6-4-8-16(18)17-9-5-7-11-19(17)21/h4-11,15,20-23H,12-14H2,1-3H3,(H,27,32)(H,30,31)/t20?,22?,23-/m0/s1. The molecule has 0 aromatic heterocycles. The van der Waals surface area contributed by atoms with E-state index in [-0.39, 0.29) is 37.4 Å². The number of carboxylic acid groups (broad SMARTS) is 1. The van der Waals surface area contributed by atoms with Crippen LogP contribution in [-0.4, -0.2) is 66.9 Å². The van der Waals surface area contributed by atoms with Gasteiger partial charge < -0.3 is 24.8 Å². The molecule has 0 spiro atoms. The minimum atomic E-state index is -1.01. The first-order chi connectivity index (χ1) is 16.3. The van der Waals surface area contributed by atoms with Gasteiger partial charge in [0.2, 0.25) is 5.91 Å². The number of fused-ring (bicyclic) bond motifs is 3. The Bertz CT molecular complexity index is 1040. The van der Waals surface area contributed by atoms with Gasteiger partial charge in [0.05, 0.1) is 6.10 Å². The summed E-state index contributed by atoms with van der Waals surface area (Å²) in [5.74, 6) is -2.43. The molecule has 0 bridgehead atoms. The van der Waals surface area contributed by atoms with Crippen LogP contribution in [0.3, 0.4) is 0 Å². The molecule has 2 unspecified atom stereocenters. The lowest BCUT2D eigenvalue weighted by Crippen LogP contribution is -2.51. The van der Waals surface area contributed by atoms with Gasteiger partial charge in [-0.2, -0.15) is 0 Å². The molecule has 0 saturated carbocycles. The first-order valence-corrected chi connectivity index (χ1v) is 11.5. The molecule has 8 nitrogen and oxygen atoms in total. The van der Waals surface area contributed by atoms with Crippen molar-refractivity contribution in [2.75, 3.05) is 26.8 Å². The second-order valence-corrected chi connectivity index (χ2v) is 9.15. The highest BCUT2D eigenvalue weighted by Crippen LogP contribution is 2.44. The summed E-state index contributed by atoms with van der Waals surface area (Å²) in [7, 11) is 1.43. The van der Waals surface area contributed by atoms with Crippen LogP contribution in [0.2, 0.25) is 0 Å². The van der Waals surface area contributed by atoms with Crippen LogP contribution in [0.5, 0.6) is 0 Å². The quantitative estimate of drug-likeness (QED) is 0.650. The topological polar surface area (TPSA) is 105 Å². The van der Waals surface area contributed by atoms with Gasteiger partial charge in [0.15, 0.2) is 0 Å². The van der Waals surface area contributed by atoms with Crippen molar-refractivity contribution in [1.82, 2.24) is 10.2 Å². The van der Waals surface area contributed by atoms with Crippen LogP contribution in [0.15, 0.2) is 48.5 Å². The lowest BCUT2D eigenvalue weighted by Gasteiger charge is -2.27. The van der Waals surface area contributed by atoms with E-state index in [1.165, 1.54) is 12.0 Å². The van der Waals surface area contributed by atoms with Crippen molar-refractivity contribution < 1.29 is 29.0 Å². The Hall–Kier alpha value is -3.39. The molecule has 2 aromatic carbocycles. The summed E-state index contributed by atoms with van der Waals surface area (Å²) in [5, 5.41) is 12.1. The van der Waals surface area contributed by atoms with Crippen molar-refractivity contribution >= 4 is 18.0 Å². The smallest absolute Gasteiger partial charge is 0.407 e. The highest BCUT2D eigenvalue weighted by molar-refractivity contribution is 5.87. The average Bonchev–Trinajstić information content (AvgIpc) is 3.40. The first-order valence-electron chi connectivity index (χ1n) is 11.5. The second-order valence-electron chi connectivity index (χ2n) is 9.15. The van der Waals surface area contributed by atoms with E-state index >= 15 is 0 Å². The Morgan fingerprint density at radius 3 is 2.12 bits per heavy atom. The number of methoxy groups -OCH3 is 1. The van der Waals surface area contributed by atoms with Crippen molar-refractivity contribution in [3.63, 3.8) is 0 Å². The maximum atomic E-state index is 13.1. The number of hydrogen-bond acceptors (Lipinski definition) is 5. The minimum absolute atomic E-state index is 0.0439. The average molecular weight is 467 g/mol. The number of amides is 2. The van der Waals surface area contributed by atoms with Gasteiger partial charge in [-0.15, -0.1) is 0 Å². The molecule has 34 heavy (non-hydrogen) atoms. The van der Waals surface area contributed by atoms with E-state index in [0.29, 0.717) is 0 Å². The molecule has 2 aromatic rings. The number of ether oxygens (including phenoxy) is 2. The van der Waals surface area contributed by atoms with Gasteiger partial charge in [0, 0.05) is 26.1 Å². The summed E-state index contributed by atoms with van der Waals surface area (Å²) in [6.45, 7) is 4.01. The van der Waals surface area contributed by atoms with Crippen molar-refractivity contribution in [2.45, 2.75) is 31.9 Å². The maximum absolute atomic E-state index is 13.1. The third-order valence-electron chi connectivity index (χ3n) is 6.75. The molecule has 8 heteroatoms. The zero-order valence-corrected chi connectivity index (χ0v) is 19.6. The Morgan fingerprint density at radius 2 is 1.62 bits per heavy atom. The van der Waals surface area contributed by atoms with E-state index in [1.807, 2.05) is 50.2 Å². The van der Waals surface area contributed by atoms with Gasteiger partial charge >= 0.3 is 12.1 Å². The van der Waals surface area contributed by atoms with Crippen molar-refractivity contribution in [3.05, 3.63) is 59.7 Å². The molecule has 0 radical (unpaired) electrons. The molecule has 1 aliphatic heterocycles. The van der Waals surface area contributed by atoms with Gasteiger partial charge in [-0.05, 0) is 28.2 Å². The zero-order valence-electron chi connectivity index (χ0n) is 19.6. The zero-order chi connectivity index (χ0) is 24.4. The first kappa shape index (κ1) is 23.8. The summed E-state index contributed by atoms with van der Waals surface area (Å²) in [6.07, 6.45) is -1.25. The normalized spacial score (nSPS) is 20.1. The molecule has 4 rings (SSSR count). The van der Waals surface area contributed by atoms with Gasteiger partial charge in [-0.1, -0.05) is 62.4 Å². The van der Waals surface area contributed by atoms with E-state index in [4.69, 9.17) is 9.47 Å². The molecule has 2 aliphatic rings. The molecule has 180 valence electrons. The number of hydrogen-bond donors (Lipinski definition) is 2. The number of nitrogens with zero attached hydrogens (tertiary/aromatic N) is 1. The largest absolute Gasteiger partial charge is 0.481 e. The molecule has 2 amide bonds. The van der Waals surface area contributed by atoms with Crippen LogP contribution in [0.25, 0.3) is 11.1 Å². The van der Waals surface area contributed by atoms with E-state index in [9.17, 15) is 19.5 Å². The van der Waals surface area contributed by atoms with Crippen molar-refractivity contribution in [3.8, 4) is 11.1 Å². The third-order valence-corrected chi connectivity index (χ3v) is 6.75. The number of carbonyl (C=O) groups is 3. The van der Waals surface area contributed by atoms with Crippen LogP contribution in [0, 0.1) is 11.8 Å². The predicted molar refractivity (Wildman–Crippen MR) is 125 cm³/mol. The number of alkyl carbamates (subject to hydrolysis) is 1. The SMILES string of the molecule is COC1CN(C(=O)[C@@H](NC(=O)OCC2c3ccccc3-c3ccccc32)C(C)C)CC1C(=O)O. The van der Waals surface area contributed by atoms with Crippen molar-refractivity contribution in [1.29, 1.82) is 0 Å². The molecular weight excluding hydrogens is 436 g/mol. The Kier molecular flexibility index (Phi) is 6.88. The molecule has 1 fully saturated rings. The number of aliphatic carboxylic acids is 1. The summed E-state index contributed by atoms with van der Waals surface area (Å²) < 4.78 is 10.8. The summed E-state index contributed by atoms with van der Waals surface area (Å²) in [5.41, 5.74) is 4.49. The van der Waals surface area contributed by atoms with Crippen molar-refractivity contribution in [2.24, 2.45) is 11.8 Å². The lowest BCUT2D eigenvalue weighted by atomic mass is 9.98. The van der Waals surface area contributed by atoms with Gasteiger partial charge in [0.1, 0.15) is 18.6 Å². The molecule has 1 saturated heterocycles. The van der Waals surface area contributed by atoms with Crippen LogP contribution >= 0.6 is 0 Å². The summed E-state index contributed by atoms with van der Waals surface area (Å²) >= 11 is 0. The molecular formula is C26H30N2O6. The van der Waals surface area contributed by atoms with E-state index < -0.39 is 30.1 Å².